The number of carbonyl (C=O) groups is 1. The Labute approximate surface area is 130 Å². The smallest absolute Gasteiger partial charge is 0.251 e. The SMILES string of the molecule is CC1Cc2ccccc2N1CCNC(=O)c1cccc(N)c1. The summed E-state index contributed by atoms with van der Waals surface area (Å²) in [6.07, 6.45) is 1.07. The molecule has 0 spiro atoms. The lowest BCUT2D eigenvalue weighted by molar-refractivity contribution is 0.0954. The van der Waals surface area contributed by atoms with Crippen molar-refractivity contribution in [3.8, 4) is 0 Å². The highest BCUT2D eigenvalue weighted by molar-refractivity contribution is 5.95. The number of para-hydroxylation sites is 1. The lowest BCUT2D eigenvalue weighted by atomic mass is 10.1. The van der Waals surface area contributed by atoms with Crippen molar-refractivity contribution in [1.29, 1.82) is 0 Å². The second kappa shape index (κ2) is 6.10. The van der Waals surface area contributed by atoms with Gasteiger partial charge in [-0.05, 0) is 43.2 Å². The molecular formula is C18H21N3O. The second-order valence-corrected chi connectivity index (χ2v) is 5.76. The van der Waals surface area contributed by atoms with Crippen LogP contribution in [0.4, 0.5) is 11.4 Å². The molecule has 0 radical (unpaired) electrons. The summed E-state index contributed by atoms with van der Waals surface area (Å²) in [6.45, 7) is 3.65. The first-order valence-corrected chi connectivity index (χ1v) is 7.63. The van der Waals surface area contributed by atoms with E-state index in [1.165, 1.54) is 11.3 Å². The van der Waals surface area contributed by atoms with Gasteiger partial charge in [0.2, 0.25) is 0 Å². The summed E-state index contributed by atoms with van der Waals surface area (Å²) in [5, 5.41) is 2.97. The zero-order chi connectivity index (χ0) is 15.5. The molecule has 0 saturated carbocycles. The third-order valence-corrected chi connectivity index (χ3v) is 4.14. The van der Waals surface area contributed by atoms with Crippen LogP contribution in [0.15, 0.2) is 48.5 Å². The van der Waals surface area contributed by atoms with Crippen molar-refractivity contribution in [2.24, 2.45) is 0 Å². The fourth-order valence-corrected chi connectivity index (χ4v) is 3.04. The molecule has 2 aromatic carbocycles. The first-order chi connectivity index (χ1) is 10.6. The summed E-state index contributed by atoms with van der Waals surface area (Å²) in [5.74, 6) is -0.0764. The van der Waals surface area contributed by atoms with E-state index < -0.39 is 0 Å². The Morgan fingerprint density at radius 1 is 1.27 bits per heavy atom. The number of nitrogen functional groups attached to an aromatic ring is 1. The van der Waals surface area contributed by atoms with Gasteiger partial charge < -0.3 is 16.0 Å². The highest BCUT2D eigenvalue weighted by atomic mass is 16.1. The van der Waals surface area contributed by atoms with Gasteiger partial charge in [0.25, 0.3) is 5.91 Å². The Bertz CT molecular complexity index is 684. The number of rotatable bonds is 4. The first-order valence-electron chi connectivity index (χ1n) is 7.63. The number of amides is 1. The van der Waals surface area contributed by atoms with Gasteiger partial charge in [-0.3, -0.25) is 4.79 Å². The van der Waals surface area contributed by atoms with E-state index in [1.807, 2.05) is 0 Å². The van der Waals surface area contributed by atoms with Crippen molar-refractivity contribution in [3.05, 3.63) is 59.7 Å². The zero-order valence-corrected chi connectivity index (χ0v) is 12.8. The van der Waals surface area contributed by atoms with Gasteiger partial charge in [0.05, 0.1) is 0 Å². The highest BCUT2D eigenvalue weighted by Crippen LogP contribution is 2.31. The minimum absolute atomic E-state index is 0.0764. The minimum atomic E-state index is -0.0764. The Hall–Kier alpha value is -2.49. The van der Waals surface area contributed by atoms with Crippen molar-refractivity contribution in [3.63, 3.8) is 0 Å². The van der Waals surface area contributed by atoms with Crippen LogP contribution < -0.4 is 16.0 Å². The molecular weight excluding hydrogens is 274 g/mol. The van der Waals surface area contributed by atoms with Crippen LogP contribution in [0.1, 0.15) is 22.8 Å². The standard InChI is InChI=1S/C18H21N3O/c1-13-11-14-5-2-3-8-17(14)21(13)10-9-20-18(22)15-6-4-7-16(19)12-15/h2-8,12-13H,9-11,19H2,1H3,(H,20,22). The van der Waals surface area contributed by atoms with Gasteiger partial charge >= 0.3 is 0 Å². The van der Waals surface area contributed by atoms with E-state index in [0.717, 1.165) is 13.0 Å². The van der Waals surface area contributed by atoms with Gasteiger partial charge in [-0.1, -0.05) is 24.3 Å². The third-order valence-electron chi connectivity index (χ3n) is 4.14. The monoisotopic (exact) mass is 295 g/mol. The normalized spacial score (nSPS) is 16.4. The fourth-order valence-electron chi connectivity index (χ4n) is 3.04. The molecule has 2 aromatic rings. The quantitative estimate of drug-likeness (QED) is 0.852. The van der Waals surface area contributed by atoms with Crippen LogP contribution in [-0.4, -0.2) is 25.0 Å². The number of anilines is 2. The molecule has 1 unspecified atom stereocenters. The van der Waals surface area contributed by atoms with E-state index >= 15 is 0 Å². The van der Waals surface area contributed by atoms with E-state index in [2.05, 4.69) is 41.4 Å². The molecule has 1 atom stereocenters. The number of carbonyl (C=O) groups excluding carboxylic acids is 1. The molecule has 114 valence electrons. The third kappa shape index (κ3) is 2.91. The number of nitrogens with one attached hydrogen (secondary N) is 1. The van der Waals surface area contributed by atoms with Crippen molar-refractivity contribution >= 4 is 17.3 Å². The summed E-state index contributed by atoms with van der Waals surface area (Å²) in [4.78, 5) is 14.5. The Morgan fingerprint density at radius 2 is 2.09 bits per heavy atom. The van der Waals surface area contributed by atoms with Gasteiger partial charge in [-0.2, -0.15) is 0 Å². The molecule has 1 amide bonds. The predicted molar refractivity (Wildman–Crippen MR) is 90.1 cm³/mol. The van der Waals surface area contributed by atoms with Crippen LogP contribution in [0.25, 0.3) is 0 Å². The van der Waals surface area contributed by atoms with E-state index in [4.69, 9.17) is 5.73 Å². The van der Waals surface area contributed by atoms with Crippen LogP contribution in [0.3, 0.4) is 0 Å². The van der Waals surface area contributed by atoms with E-state index in [1.54, 1.807) is 24.3 Å². The van der Waals surface area contributed by atoms with Gasteiger partial charge in [-0.25, -0.2) is 0 Å². The average Bonchev–Trinajstić information content (AvgIpc) is 2.83. The van der Waals surface area contributed by atoms with Gasteiger partial charge in [-0.15, -0.1) is 0 Å². The molecule has 0 aromatic heterocycles. The van der Waals surface area contributed by atoms with Crippen molar-refractivity contribution in [2.75, 3.05) is 23.7 Å². The van der Waals surface area contributed by atoms with Crippen LogP contribution in [0.5, 0.6) is 0 Å². The Morgan fingerprint density at radius 3 is 2.91 bits per heavy atom. The number of nitrogens with two attached hydrogens (primary N) is 1. The van der Waals surface area contributed by atoms with Crippen LogP contribution in [0.2, 0.25) is 0 Å². The van der Waals surface area contributed by atoms with E-state index in [0.29, 0.717) is 23.8 Å². The van der Waals surface area contributed by atoms with Crippen molar-refractivity contribution < 1.29 is 4.79 Å². The highest BCUT2D eigenvalue weighted by Gasteiger charge is 2.24. The fraction of sp³-hybridized carbons (Fsp3) is 0.278. The average molecular weight is 295 g/mol. The molecule has 0 fully saturated rings. The molecule has 1 aliphatic heterocycles. The molecule has 1 aliphatic rings. The van der Waals surface area contributed by atoms with Gasteiger partial charge in [0, 0.05) is 36.1 Å². The summed E-state index contributed by atoms with van der Waals surface area (Å²) in [7, 11) is 0. The maximum absolute atomic E-state index is 12.1. The van der Waals surface area contributed by atoms with Crippen molar-refractivity contribution in [1.82, 2.24) is 5.32 Å². The topological polar surface area (TPSA) is 58.4 Å². The molecule has 4 nitrogen and oxygen atoms in total. The number of fused-ring (bicyclic) bond motifs is 1. The molecule has 0 bridgehead atoms. The largest absolute Gasteiger partial charge is 0.399 e. The van der Waals surface area contributed by atoms with Gasteiger partial charge in [0.15, 0.2) is 0 Å². The number of hydrogen-bond donors (Lipinski definition) is 2. The van der Waals surface area contributed by atoms with Crippen LogP contribution >= 0.6 is 0 Å². The first kappa shape index (κ1) is 14.4. The molecule has 0 saturated heterocycles. The molecule has 4 heteroatoms. The molecule has 3 rings (SSSR count). The molecule has 3 N–H and O–H groups in total. The lowest BCUT2D eigenvalue weighted by Crippen LogP contribution is -2.37. The van der Waals surface area contributed by atoms with E-state index in [9.17, 15) is 4.79 Å². The molecule has 0 aliphatic carbocycles. The van der Waals surface area contributed by atoms with Crippen LogP contribution in [-0.2, 0) is 6.42 Å². The summed E-state index contributed by atoms with van der Waals surface area (Å²) >= 11 is 0. The number of hydrogen-bond acceptors (Lipinski definition) is 3. The lowest BCUT2D eigenvalue weighted by Gasteiger charge is -2.25. The minimum Gasteiger partial charge on any atom is -0.399 e. The maximum Gasteiger partial charge on any atom is 0.251 e. The molecule has 22 heavy (non-hydrogen) atoms. The summed E-state index contributed by atoms with van der Waals surface area (Å²) in [5.41, 5.74) is 9.59. The maximum atomic E-state index is 12.1. The van der Waals surface area contributed by atoms with Crippen molar-refractivity contribution in [2.45, 2.75) is 19.4 Å². The molecule has 1 heterocycles. The summed E-state index contributed by atoms with van der Waals surface area (Å²) < 4.78 is 0. The second-order valence-electron chi connectivity index (χ2n) is 5.76. The predicted octanol–water partition coefficient (Wildman–Crippen LogP) is 2.45. The Balaban J connectivity index is 1.58. The summed E-state index contributed by atoms with van der Waals surface area (Å²) in [6, 6.07) is 16.0. The Kier molecular flexibility index (Phi) is 4.00. The number of benzene rings is 2. The van der Waals surface area contributed by atoms with E-state index in [-0.39, 0.29) is 5.91 Å². The number of nitrogens with zero attached hydrogens (tertiary/aromatic N) is 1. The van der Waals surface area contributed by atoms with Crippen LogP contribution in [0, 0.1) is 0 Å². The van der Waals surface area contributed by atoms with Gasteiger partial charge in [0.1, 0.15) is 0 Å². The zero-order valence-electron chi connectivity index (χ0n) is 12.8.